The number of aromatic nitrogens is 2. The molecule has 0 atom stereocenters. The Bertz CT molecular complexity index is 618. The number of hydrogen-bond donors (Lipinski definition) is 2. The summed E-state index contributed by atoms with van der Waals surface area (Å²) in [7, 11) is -3.49. The first-order valence-electron chi connectivity index (χ1n) is 9.50. The van der Waals surface area contributed by atoms with Gasteiger partial charge >= 0.3 is 0 Å². The fraction of sp³-hybridized carbons (Fsp3) is 0.824. The molecule has 7 nitrogen and oxygen atoms in total. The van der Waals surface area contributed by atoms with Crippen LogP contribution in [-0.4, -0.2) is 50.5 Å². The lowest BCUT2D eigenvalue weighted by molar-refractivity contribution is 0.0662. The van der Waals surface area contributed by atoms with E-state index in [0.29, 0.717) is 32.3 Å². The van der Waals surface area contributed by atoms with Crippen LogP contribution in [0, 0.1) is 0 Å². The molecule has 142 valence electrons. The molecule has 1 saturated heterocycles. The monoisotopic (exact) mass is 370 g/mol. The molecule has 0 amide bonds. The lowest BCUT2D eigenvalue weighted by atomic mass is 10.1. The van der Waals surface area contributed by atoms with Crippen molar-refractivity contribution in [2.24, 2.45) is 0 Å². The zero-order valence-electron chi connectivity index (χ0n) is 14.8. The van der Waals surface area contributed by atoms with Gasteiger partial charge in [-0.05, 0) is 25.7 Å². The predicted octanol–water partition coefficient (Wildman–Crippen LogP) is 1.83. The average molecular weight is 371 g/mol. The molecule has 3 rings (SSSR count). The topological polar surface area (TPSA) is 85.3 Å². The maximum absolute atomic E-state index is 12.4. The van der Waals surface area contributed by atoms with Gasteiger partial charge in [0.15, 0.2) is 0 Å². The minimum Gasteiger partial charge on any atom is -0.381 e. The average Bonchev–Trinajstić information content (AvgIpc) is 2.99. The molecule has 1 aliphatic carbocycles. The third-order valence-electron chi connectivity index (χ3n) is 5.16. The van der Waals surface area contributed by atoms with Crippen molar-refractivity contribution in [2.75, 3.05) is 26.3 Å². The van der Waals surface area contributed by atoms with Crippen molar-refractivity contribution in [3.63, 3.8) is 0 Å². The van der Waals surface area contributed by atoms with Gasteiger partial charge in [0.25, 0.3) is 0 Å². The van der Waals surface area contributed by atoms with Gasteiger partial charge in [-0.2, -0.15) is 5.10 Å². The smallest absolute Gasteiger partial charge is 0.243 e. The van der Waals surface area contributed by atoms with Crippen molar-refractivity contribution in [1.82, 2.24) is 19.8 Å². The van der Waals surface area contributed by atoms with E-state index < -0.39 is 10.0 Å². The van der Waals surface area contributed by atoms with E-state index in [1.807, 2.05) is 0 Å². The Labute approximate surface area is 150 Å². The highest BCUT2D eigenvalue weighted by Gasteiger charge is 2.21. The largest absolute Gasteiger partial charge is 0.381 e. The Morgan fingerprint density at radius 3 is 2.52 bits per heavy atom. The first-order valence-corrected chi connectivity index (χ1v) is 11.0. The van der Waals surface area contributed by atoms with Crippen LogP contribution in [0.3, 0.4) is 0 Å². The fourth-order valence-electron chi connectivity index (χ4n) is 3.64. The van der Waals surface area contributed by atoms with Crippen molar-refractivity contribution in [3.05, 3.63) is 12.4 Å². The van der Waals surface area contributed by atoms with E-state index >= 15 is 0 Å². The van der Waals surface area contributed by atoms with Crippen LogP contribution in [-0.2, 0) is 14.8 Å². The van der Waals surface area contributed by atoms with E-state index in [0.717, 1.165) is 12.8 Å². The molecule has 2 N–H and O–H groups in total. The summed E-state index contributed by atoms with van der Waals surface area (Å²) in [5, 5.41) is 7.73. The van der Waals surface area contributed by atoms with Crippen LogP contribution in [0.5, 0.6) is 0 Å². The van der Waals surface area contributed by atoms with Crippen molar-refractivity contribution >= 4 is 10.0 Å². The molecular formula is C17H30N4O3S. The molecule has 0 aromatic carbocycles. The van der Waals surface area contributed by atoms with Crippen LogP contribution >= 0.6 is 0 Å². The first kappa shape index (κ1) is 18.8. The SMILES string of the molecule is O=S(=O)(NCCNC1CCCCCC1)c1cnn(C2CCOCC2)c1. The fourth-order valence-corrected chi connectivity index (χ4v) is 4.61. The Morgan fingerprint density at radius 1 is 1.08 bits per heavy atom. The summed E-state index contributed by atoms with van der Waals surface area (Å²) in [4.78, 5) is 0.244. The molecule has 0 radical (unpaired) electrons. The summed E-state index contributed by atoms with van der Waals surface area (Å²) in [6.45, 7) is 2.48. The molecule has 8 heteroatoms. The summed E-state index contributed by atoms with van der Waals surface area (Å²) in [5.41, 5.74) is 0. The lowest BCUT2D eigenvalue weighted by Crippen LogP contribution is -2.36. The van der Waals surface area contributed by atoms with E-state index in [1.165, 1.54) is 44.7 Å². The lowest BCUT2D eigenvalue weighted by Gasteiger charge is -2.22. The summed E-state index contributed by atoms with van der Waals surface area (Å²) in [6, 6.07) is 0.762. The molecule has 1 aromatic rings. The molecule has 1 aromatic heterocycles. The van der Waals surface area contributed by atoms with E-state index in [9.17, 15) is 8.42 Å². The second-order valence-electron chi connectivity index (χ2n) is 7.04. The van der Waals surface area contributed by atoms with Gasteiger partial charge in [0.2, 0.25) is 10.0 Å². The van der Waals surface area contributed by atoms with Crippen LogP contribution in [0.2, 0.25) is 0 Å². The summed E-state index contributed by atoms with van der Waals surface area (Å²) in [6.07, 6.45) is 12.4. The van der Waals surface area contributed by atoms with Gasteiger partial charge in [0, 0.05) is 38.5 Å². The first-order chi connectivity index (χ1) is 12.1. The van der Waals surface area contributed by atoms with E-state index in [4.69, 9.17) is 4.74 Å². The molecule has 0 spiro atoms. The second kappa shape index (κ2) is 9.12. The normalized spacial score (nSPS) is 21.3. The number of nitrogens with one attached hydrogen (secondary N) is 2. The van der Waals surface area contributed by atoms with E-state index in [1.54, 1.807) is 10.9 Å². The van der Waals surface area contributed by atoms with Crippen LogP contribution in [0.15, 0.2) is 17.3 Å². The summed E-state index contributed by atoms with van der Waals surface area (Å²) in [5.74, 6) is 0. The van der Waals surface area contributed by atoms with Crippen molar-refractivity contribution in [2.45, 2.75) is 68.3 Å². The molecule has 1 aliphatic heterocycles. The van der Waals surface area contributed by atoms with Crippen LogP contribution < -0.4 is 10.0 Å². The van der Waals surface area contributed by atoms with Crippen molar-refractivity contribution in [3.8, 4) is 0 Å². The Kier molecular flexibility index (Phi) is 6.86. The zero-order chi connectivity index (χ0) is 17.5. The highest BCUT2D eigenvalue weighted by atomic mass is 32.2. The summed E-state index contributed by atoms with van der Waals surface area (Å²) >= 11 is 0. The van der Waals surface area contributed by atoms with Crippen molar-refractivity contribution < 1.29 is 13.2 Å². The highest BCUT2D eigenvalue weighted by Crippen LogP contribution is 2.21. The second-order valence-corrected chi connectivity index (χ2v) is 8.81. The van der Waals surface area contributed by atoms with Crippen LogP contribution in [0.1, 0.15) is 57.4 Å². The number of ether oxygens (including phenoxy) is 1. The quantitative estimate of drug-likeness (QED) is 0.565. The Balaban J connectivity index is 1.45. The maximum Gasteiger partial charge on any atom is 0.243 e. The predicted molar refractivity (Wildman–Crippen MR) is 96.0 cm³/mol. The number of nitrogens with zero attached hydrogens (tertiary/aromatic N) is 2. The van der Waals surface area contributed by atoms with Gasteiger partial charge in [0.1, 0.15) is 4.90 Å². The molecule has 0 bridgehead atoms. The maximum atomic E-state index is 12.4. The van der Waals surface area contributed by atoms with E-state index in [-0.39, 0.29) is 10.9 Å². The highest BCUT2D eigenvalue weighted by molar-refractivity contribution is 7.89. The number of rotatable bonds is 7. The van der Waals surface area contributed by atoms with Crippen LogP contribution in [0.4, 0.5) is 0 Å². The van der Waals surface area contributed by atoms with Gasteiger partial charge < -0.3 is 10.1 Å². The minimum absolute atomic E-state index is 0.231. The van der Waals surface area contributed by atoms with Gasteiger partial charge in [-0.15, -0.1) is 0 Å². The number of sulfonamides is 1. The van der Waals surface area contributed by atoms with Gasteiger partial charge in [-0.1, -0.05) is 25.7 Å². The third-order valence-corrected chi connectivity index (χ3v) is 6.57. The summed E-state index contributed by atoms with van der Waals surface area (Å²) < 4.78 is 34.6. The van der Waals surface area contributed by atoms with Crippen molar-refractivity contribution in [1.29, 1.82) is 0 Å². The van der Waals surface area contributed by atoms with E-state index in [2.05, 4.69) is 15.1 Å². The van der Waals surface area contributed by atoms with Gasteiger partial charge in [0.05, 0.1) is 12.2 Å². The van der Waals surface area contributed by atoms with Crippen LogP contribution in [0.25, 0.3) is 0 Å². The molecule has 2 aliphatic rings. The molecule has 25 heavy (non-hydrogen) atoms. The third kappa shape index (κ3) is 5.51. The molecule has 0 unspecified atom stereocenters. The van der Waals surface area contributed by atoms with Gasteiger partial charge in [-0.25, -0.2) is 13.1 Å². The Hall–Kier alpha value is -0.960. The minimum atomic E-state index is -3.49. The molecule has 2 fully saturated rings. The molecule has 2 heterocycles. The Morgan fingerprint density at radius 2 is 1.80 bits per heavy atom. The standard InChI is InChI=1S/C17H30N4O3S/c22-25(23,20-10-9-18-15-5-3-1-2-4-6-15)17-13-19-21(14-17)16-7-11-24-12-8-16/h13-16,18,20H,1-12H2. The van der Waals surface area contributed by atoms with Gasteiger partial charge in [-0.3, -0.25) is 4.68 Å². The molecule has 1 saturated carbocycles. The number of hydrogen-bond acceptors (Lipinski definition) is 5. The zero-order valence-corrected chi connectivity index (χ0v) is 15.6. The molecular weight excluding hydrogens is 340 g/mol.